The molecule has 0 spiro atoms. The first kappa shape index (κ1) is 9.74. The molecule has 1 aromatic rings. The predicted molar refractivity (Wildman–Crippen MR) is 63.8 cm³/mol. The highest BCUT2D eigenvalue weighted by molar-refractivity contribution is 14.1. The van der Waals surface area contributed by atoms with E-state index in [9.17, 15) is 0 Å². The highest BCUT2D eigenvalue weighted by Gasteiger charge is 2.31. The molecule has 1 saturated carbocycles. The fraction of sp³-hybridized carbons (Fsp3) is 0.400. The van der Waals surface area contributed by atoms with Crippen LogP contribution in [-0.4, -0.2) is 0 Å². The zero-order valence-electron chi connectivity index (χ0n) is 7.13. The van der Waals surface area contributed by atoms with Crippen LogP contribution in [0.3, 0.4) is 0 Å². The fourth-order valence-electron chi connectivity index (χ4n) is 1.52. The van der Waals surface area contributed by atoms with Gasteiger partial charge in [-0.05, 0) is 53.5 Å². The Hall–Kier alpha value is 0.200. The van der Waals surface area contributed by atoms with E-state index in [1.54, 1.807) is 0 Å². The lowest BCUT2D eigenvalue weighted by Gasteiger charge is -2.14. The van der Waals surface area contributed by atoms with E-state index in [2.05, 4.69) is 28.7 Å². The number of nitrogens with two attached hydrogens (primary N) is 1. The lowest BCUT2D eigenvalue weighted by molar-refractivity contribution is 0.631. The normalized spacial score (nSPS) is 18.7. The molecule has 1 unspecified atom stereocenters. The molecule has 1 fully saturated rings. The van der Waals surface area contributed by atoms with Gasteiger partial charge in [0.2, 0.25) is 0 Å². The third kappa shape index (κ3) is 2.00. The monoisotopic (exact) mass is 307 g/mol. The minimum absolute atomic E-state index is 0.139. The molecule has 0 bridgehead atoms. The molecular formula is C10H11ClIN. The van der Waals surface area contributed by atoms with Crippen molar-refractivity contribution < 1.29 is 0 Å². The smallest absolute Gasteiger partial charge is 0.0464 e. The van der Waals surface area contributed by atoms with Crippen LogP contribution in [0.15, 0.2) is 18.2 Å². The van der Waals surface area contributed by atoms with E-state index in [0.717, 1.165) is 10.6 Å². The topological polar surface area (TPSA) is 26.0 Å². The first-order valence-corrected chi connectivity index (χ1v) is 5.85. The van der Waals surface area contributed by atoms with Gasteiger partial charge in [-0.2, -0.15) is 0 Å². The highest BCUT2D eigenvalue weighted by atomic mass is 127. The Morgan fingerprint density at radius 2 is 2.15 bits per heavy atom. The maximum absolute atomic E-state index is 6.11. The second kappa shape index (κ2) is 3.75. The number of benzene rings is 1. The molecule has 1 atom stereocenters. The van der Waals surface area contributed by atoms with Crippen molar-refractivity contribution in [3.05, 3.63) is 32.4 Å². The summed E-state index contributed by atoms with van der Waals surface area (Å²) in [5.74, 6) is 0.661. The standard InChI is InChI=1S/C10H11ClIN/c11-7-2-1-3-8(12)9(7)10(13)6-4-5-6/h1-3,6,10H,4-5,13H2. The van der Waals surface area contributed by atoms with Crippen LogP contribution >= 0.6 is 34.2 Å². The summed E-state index contributed by atoms with van der Waals surface area (Å²) in [6, 6.07) is 6.08. The van der Waals surface area contributed by atoms with Crippen LogP contribution in [0, 0.1) is 9.49 Å². The Morgan fingerprint density at radius 3 is 2.69 bits per heavy atom. The van der Waals surface area contributed by atoms with Crippen LogP contribution in [0.4, 0.5) is 0 Å². The van der Waals surface area contributed by atoms with E-state index >= 15 is 0 Å². The van der Waals surface area contributed by atoms with E-state index in [0.29, 0.717) is 5.92 Å². The van der Waals surface area contributed by atoms with Gasteiger partial charge in [-0.3, -0.25) is 0 Å². The number of rotatable bonds is 2. The second-order valence-corrected chi connectivity index (χ2v) is 5.07. The van der Waals surface area contributed by atoms with Gasteiger partial charge in [0.1, 0.15) is 0 Å². The molecule has 1 aliphatic rings. The lowest BCUT2D eigenvalue weighted by atomic mass is 10.0. The summed E-state index contributed by atoms with van der Waals surface area (Å²) in [6.07, 6.45) is 2.50. The zero-order valence-corrected chi connectivity index (χ0v) is 10.0. The number of hydrogen-bond acceptors (Lipinski definition) is 1. The maximum Gasteiger partial charge on any atom is 0.0464 e. The first-order chi connectivity index (χ1) is 6.20. The molecule has 0 aromatic heterocycles. The number of halogens is 2. The van der Waals surface area contributed by atoms with E-state index in [1.807, 2.05) is 12.1 Å². The predicted octanol–water partition coefficient (Wildman–Crippen LogP) is 3.35. The molecule has 70 valence electrons. The van der Waals surface area contributed by atoms with Crippen molar-refractivity contribution in [1.29, 1.82) is 0 Å². The van der Waals surface area contributed by atoms with Gasteiger partial charge in [-0.15, -0.1) is 0 Å². The van der Waals surface area contributed by atoms with Crippen LogP contribution in [0.1, 0.15) is 24.4 Å². The fourth-order valence-corrected chi connectivity index (χ4v) is 2.84. The molecule has 1 aromatic carbocycles. The van der Waals surface area contributed by atoms with Crippen molar-refractivity contribution in [2.45, 2.75) is 18.9 Å². The van der Waals surface area contributed by atoms with Crippen molar-refractivity contribution >= 4 is 34.2 Å². The van der Waals surface area contributed by atoms with Crippen molar-refractivity contribution in [2.24, 2.45) is 11.7 Å². The molecule has 1 nitrogen and oxygen atoms in total. The molecular weight excluding hydrogens is 296 g/mol. The molecule has 0 saturated heterocycles. The van der Waals surface area contributed by atoms with E-state index in [4.69, 9.17) is 17.3 Å². The maximum atomic E-state index is 6.11. The second-order valence-electron chi connectivity index (χ2n) is 3.50. The average Bonchev–Trinajstić information content (AvgIpc) is 2.85. The third-order valence-electron chi connectivity index (χ3n) is 2.46. The molecule has 2 rings (SSSR count). The van der Waals surface area contributed by atoms with Gasteiger partial charge in [-0.25, -0.2) is 0 Å². The van der Waals surface area contributed by atoms with E-state index in [-0.39, 0.29) is 6.04 Å². The Labute approximate surface area is 96.8 Å². The summed E-state index contributed by atoms with van der Waals surface area (Å²) < 4.78 is 1.18. The lowest BCUT2D eigenvalue weighted by Crippen LogP contribution is -2.14. The van der Waals surface area contributed by atoms with E-state index < -0.39 is 0 Å². The van der Waals surface area contributed by atoms with Crippen LogP contribution in [0.2, 0.25) is 5.02 Å². The molecule has 2 N–H and O–H groups in total. The van der Waals surface area contributed by atoms with E-state index in [1.165, 1.54) is 16.4 Å². The molecule has 1 aliphatic carbocycles. The van der Waals surface area contributed by atoms with Crippen molar-refractivity contribution in [3.63, 3.8) is 0 Å². The SMILES string of the molecule is NC(c1c(Cl)cccc1I)C1CC1. The van der Waals surface area contributed by atoms with Crippen molar-refractivity contribution in [2.75, 3.05) is 0 Å². The zero-order chi connectivity index (χ0) is 9.42. The Kier molecular flexibility index (Phi) is 2.81. The summed E-state index contributed by atoms with van der Waals surface area (Å²) in [4.78, 5) is 0. The highest BCUT2D eigenvalue weighted by Crippen LogP contribution is 2.42. The van der Waals surface area contributed by atoms with Gasteiger partial charge in [0.15, 0.2) is 0 Å². The van der Waals surface area contributed by atoms with Gasteiger partial charge in [-0.1, -0.05) is 17.7 Å². The Morgan fingerprint density at radius 1 is 1.46 bits per heavy atom. The molecule has 13 heavy (non-hydrogen) atoms. The summed E-state index contributed by atoms with van der Waals surface area (Å²) >= 11 is 8.41. The molecule has 0 radical (unpaired) electrons. The van der Waals surface area contributed by atoms with Crippen LogP contribution < -0.4 is 5.73 Å². The van der Waals surface area contributed by atoms with Crippen LogP contribution in [0.25, 0.3) is 0 Å². The summed E-state index contributed by atoms with van der Waals surface area (Å²) in [6.45, 7) is 0. The molecule has 0 heterocycles. The largest absolute Gasteiger partial charge is 0.324 e. The van der Waals surface area contributed by atoms with Gasteiger partial charge in [0.05, 0.1) is 0 Å². The minimum atomic E-state index is 0.139. The van der Waals surface area contributed by atoms with Gasteiger partial charge >= 0.3 is 0 Å². The average molecular weight is 308 g/mol. The van der Waals surface area contributed by atoms with Crippen LogP contribution in [0.5, 0.6) is 0 Å². The van der Waals surface area contributed by atoms with Crippen LogP contribution in [-0.2, 0) is 0 Å². The molecule has 0 aliphatic heterocycles. The Bertz CT molecular complexity index is 302. The van der Waals surface area contributed by atoms with Crippen molar-refractivity contribution in [3.8, 4) is 0 Å². The van der Waals surface area contributed by atoms with Crippen molar-refractivity contribution in [1.82, 2.24) is 0 Å². The molecule has 3 heteroatoms. The summed E-state index contributed by atoms with van der Waals surface area (Å²) in [7, 11) is 0. The van der Waals surface area contributed by atoms with Gasteiger partial charge in [0, 0.05) is 20.2 Å². The van der Waals surface area contributed by atoms with Gasteiger partial charge in [0.25, 0.3) is 0 Å². The quantitative estimate of drug-likeness (QED) is 0.833. The summed E-state index contributed by atoms with van der Waals surface area (Å²) in [5.41, 5.74) is 7.24. The first-order valence-electron chi connectivity index (χ1n) is 4.39. The minimum Gasteiger partial charge on any atom is -0.324 e. The summed E-state index contributed by atoms with van der Waals surface area (Å²) in [5, 5.41) is 0.811. The Balaban J connectivity index is 2.36. The van der Waals surface area contributed by atoms with Gasteiger partial charge < -0.3 is 5.73 Å². The molecule has 0 amide bonds. The number of hydrogen-bond donors (Lipinski definition) is 1. The third-order valence-corrected chi connectivity index (χ3v) is 3.73.